The zero-order valence-corrected chi connectivity index (χ0v) is 7.54. The average Bonchev–Trinajstić information content (AvgIpc) is 1.82. The normalized spacial score (nSPS) is 12.3. The quantitative estimate of drug-likeness (QED) is 0.354. The van der Waals surface area contributed by atoms with Gasteiger partial charge in [-0.1, -0.05) is 13.5 Å². The maximum atomic E-state index is 10.7. The lowest BCUT2D eigenvalue weighted by Gasteiger charge is -2.05. The van der Waals surface area contributed by atoms with Crippen molar-refractivity contribution >= 4 is 15.2 Å². The van der Waals surface area contributed by atoms with E-state index in [4.69, 9.17) is 4.74 Å². The zero-order valence-electron chi connectivity index (χ0n) is 6.39. The van der Waals surface area contributed by atoms with Crippen LogP contribution in [0.15, 0.2) is 12.2 Å². The van der Waals surface area contributed by atoms with Gasteiger partial charge in [0, 0.05) is 11.2 Å². The minimum absolute atomic E-state index is 0.309. The van der Waals surface area contributed by atoms with Crippen LogP contribution < -0.4 is 0 Å². The predicted molar refractivity (Wildman–Crippen MR) is 44.9 cm³/mol. The fourth-order valence-corrected chi connectivity index (χ4v) is 0.427. The first-order valence-corrected chi connectivity index (χ1v) is 3.79. The summed E-state index contributed by atoms with van der Waals surface area (Å²) in [6, 6.07) is 0. The molecule has 58 valence electrons. The summed E-state index contributed by atoms with van der Waals surface area (Å²) in [6.45, 7) is 7.48. The van der Waals surface area contributed by atoms with Crippen LogP contribution in [0.25, 0.3) is 0 Å². The van der Waals surface area contributed by atoms with E-state index in [0.29, 0.717) is 17.8 Å². The lowest BCUT2D eigenvalue weighted by molar-refractivity contribution is -0.138. The van der Waals surface area contributed by atoms with Crippen molar-refractivity contribution in [1.29, 1.82) is 0 Å². The van der Waals surface area contributed by atoms with Crippen molar-refractivity contribution in [3.8, 4) is 0 Å². The Labute approximate surface area is 63.8 Å². The Balaban J connectivity index is 3.50. The van der Waals surface area contributed by atoms with Crippen LogP contribution in [0.2, 0.25) is 0 Å². The Morgan fingerprint density at radius 1 is 1.80 bits per heavy atom. The molecule has 0 aromatic carbocycles. The van der Waals surface area contributed by atoms with Crippen molar-refractivity contribution < 1.29 is 9.53 Å². The summed E-state index contributed by atoms with van der Waals surface area (Å²) >= 11 is 0. The smallest absolute Gasteiger partial charge is 0.333 e. The number of carbonyl (C=O) groups excluding carboxylic acids is 1. The fourth-order valence-electron chi connectivity index (χ4n) is 0.330. The van der Waals surface area contributed by atoms with Gasteiger partial charge in [0.1, 0.15) is 0 Å². The SMILES string of the molecule is C=C(C)C(=O)OCC(C)P. The van der Waals surface area contributed by atoms with Crippen LogP contribution in [0.1, 0.15) is 13.8 Å². The molecular weight excluding hydrogens is 147 g/mol. The topological polar surface area (TPSA) is 26.3 Å². The number of rotatable bonds is 3. The highest BCUT2D eigenvalue weighted by molar-refractivity contribution is 7.17. The monoisotopic (exact) mass is 160 g/mol. The number of hydrogen-bond acceptors (Lipinski definition) is 2. The van der Waals surface area contributed by atoms with Gasteiger partial charge in [-0.25, -0.2) is 4.79 Å². The number of carbonyl (C=O) groups is 1. The molecule has 0 aliphatic rings. The van der Waals surface area contributed by atoms with Crippen LogP contribution in [0.3, 0.4) is 0 Å². The Hall–Kier alpha value is -0.360. The third-order valence-electron chi connectivity index (χ3n) is 0.826. The van der Waals surface area contributed by atoms with E-state index in [0.717, 1.165) is 0 Å². The standard InChI is InChI=1S/C7H13O2P/c1-5(2)7(8)9-4-6(3)10/h6H,1,4,10H2,2-3H3. The van der Waals surface area contributed by atoms with Gasteiger partial charge in [-0.2, -0.15) is 0 Å². The van der Waals surface area contributed by atoms with Gasteiger partial charge in [0.2, 0.25) is 0 Å². The number of hydrogen-bond donors (Lipinski definition) is 0. The molecule has 2 nitrogen and oxygen atoms in total. The molecule has 0 N–H and O–H groups in total. The first-order chi connectivity index (χ1) is 4.54. The predicted octanol–water partition coefficient (Wildman–Crippen LogP) is 1.37. The molecule has 2 atom stereocenters. The Morgan fingerprint density at radius 2 is 2.30 bits per heavy atom. The van der Waals surface area contributed by atoms with Crippen molar-refractivity contribution in [1.82, 2.24) is 0 Å². The average molecular weight is 160 g/mol. The van der Waals surface area contributed by atoms with Gasteiger partial charge in [0.05, 0.1) is 6.61 Å². The first-order valence-electron chi connectivity index (χ1n) is 3.12. The van der Waals surface area contributed by atoms with E-state index in [1.807, 2.05) is 6.92 Å². The van der Waals surface area contributed by atoms with Crippen LogP contribution in [-0.4, -0.2) is 18.2 Å². The summed E-state index contributed by atoms with van der Waals surface area (Å²) in [5.74, 6) is -0.311. The van der Waals surface area contributed by atoms with Crippen LogP contribution in [0.4, 0.5) is 0 Å². The van der Waals surface area contributed by atoms with Crippen molar-refractivity contribution in [2.24, 2.45) is 0 Å². The second kappa shape index (κ2) is 4.45. The van der Waals surface area contributed by atoms with E-state index < -0.39 is 0 Å². The molecule has 0 heterocycles. The molecule has 0 saturated heterocycles. The third kappa shape index (κ3) is 4.51. The molecule has 0 aliphatic heterocycles. The number of ether oxygens (including phenoxy) is 1. The summed E-state index contributed by atoms with van der Waals surface area (Å²) in [6.07, 6.45) is 0. The lowest BCUT2D eigenvalue weighted by atomic mass is 10.4. The molecule has 0 aliphatic carbocycles. The zero-order chi connectivity index (χ0) is 8.15. The summed E-state index contributed by atoms with van der Waals surface area (Å²) in [5.41, 5.74) is 0.758. The highest BCUT2D eigenvalue weighted by Crippen LogP contribution is 2.00. The molecule has 10 heavy (non-hydrogen) atoms. The van der Waals surface area contributed by atoms with Crippen LogP contribution in [0.5, 0.6) is 0 Å². The largest absolute Gasteiger partial charge is 0.462 e. The summed E-state index contributed by atoms with van der Waals surface area (Å²) in [7, 11) is 2.55. The van der Waals surface area contributed by atoms with E-state index in [1.54, 1.807) is 6.92 Å². The Kier molecular flexibility index (Phi) is 4.29. The second-order valence-electron chi connectivity index (χ2n) is 2.36. The highest BCUT2D eigenvalue weighted by atomic mass is 31.0. The van der Waals surface area contributed by atoms with Gasteiger partial charge in [0.25, 0.3) is 0 Å². The molecule has 0 bridgehead atoms. The van der Waals surface area contributed by atoms with E-state index in [9.17, 15) is 4.79 Å². The van der Waals surface area contributed by atoms with Gasteiger partial charge in [-0.15, -0.1) is 9.24 Å². The molecule has 0 saturated carbocycles. The molecule has 0 fully saturated rings. The molecule has 0 aromatic heterocycles. The van der Waals surface area contributed by atoms with E-state index in [-0.39, 0.29) is 5.97 Å². The molecule has 0 radical (unpaired) electrons. The van der Waals surface area contributed by atoms with Crippen LogP contribution in [-0.2, 0) is 9.53 Å². The van der Waals surface area contributed by atoms with Crippen LogP contribution >= 0.6 is 9.24 Å². The van der Waals surface area contributed by atoms with E-state index >= 15 is 0 Å². The molecule has 3 heteroatoms. The highest BCUT2D eigenvalue weighted by Gasteiger charge is 2.03. The Bertz CT molecular complexity index is 141. The molecule has 0 amide bonds. The molecule has 0 aromatic rings. The van der Waals surface area contributed by atoms with Gasteiger partial charge in [-0.05, 0) is 6.92 Å². The molecule has 0 spiro atoms. The second-order valence-corrected chi connectivity index (χ2v) is 3.49. The fraction of sp³-hybridized carbons (Fsp3) is 0.571. The van der Waals surface area contributed by atoms with E-state index in [2.05, 4.69) is 15.8 Å². The van der Waals surface area contributed by atoms with Gasteiger partial charge in [0.15, 0.2) is 0 Å². The Morgan fingerprint density at radius 3 is 2.60 bits per heavy atom. The van der Waals surface area contributed by atoms with E-state index in [1.165, 1.54) is 0 Å². The van der Waals surface area contributed by atoms with Crippen molar-refractivity contribution in [3.63, 3.8) is 0 Å². The van der Waals surface area contributed by atoms with Gasteiger partial charge in [-0.3, -0.25) is 0 Å². The first kappa shape index (κ1) is 9.64. The third-order valence-corrected chi connectivity index (χ3v) is 1.02. The lowest BCUT2D eigenvalue weighted by Crippen LogP contribution is -2.11. The van der Waals surface area contributed by atoms with Gasteiger partial charge < -0.3 is 4.74 Å². The molecular formula is C7H13O2P. The minimum atomic E-state index is -0.311. The molecule has 0 rings (SSSR count). The number of esters is 1. The van der Waals surface area contributed by atoms with Crippen LogP contribution in [0, 0.1) is 0 Å². The van der Waals surface area contributed by atoms with Gasteiger partial charge >= 0.3 is 5.97 Å². The summed E-state index contributed by atoms with van der Waals surface area (Å²) in [5, 5.41) is 0. The molecule has 2 unspecified atom stereocenters. The maximum absolute atomic E-state index is 10.7. The summed E-state index contributed by atoms with van der Waals surface area (Å²) in [4.78, 5) is 10.7. The minimum Gasteiger partial charge on any atom is -0.462 e. The van der Waals surface area contributed by atoms with Crippen molar-refractivity contribution in [3.05, 3.63) is 12.2 Å². The van der Waals surface area contributed by atoms with Crippen molar-refractivity contribution in [2.45, 2.75) is 19.5 Å². The summed E-state index contributed by atoms with van der Waals surface area (Å²) < 4.78 is 4.81. The maximum Gasteiger partial charge on any atom is 0.333 e. The van der Waals surface area contributed by atoms with Crippen molar-refractivity contribution in [2.75, 3.05) is 6.61 Å².